The lowest BCUT2D eigenvalue weighted by Crippen LogP contribution is -2.63. The van der Waals surface area contributed by atoms with Crippen LogP contribution in [0.4, 0.5) is 0 Å². The van der Waals surface area contributed by atoms with Gasteiger partial charge in [-0.2, -0.15) is 0 Å². The van der Waals surface area contributed by atoms with Crippen molar-refractivity contribution < 1.29 is 19.1 Å². The van der Waals surface area contributed by atoms with E-state index in [0.717, 1.165) is 37.7 Å². The number of hydrogen-bond donors (Lipinski definition) is 0. The van der Waals surface area contributed by atoms with Crippen LogP contribution in [0.15, 0.2) is 12.1 Å². The van der Waals surface area contributed by atoms with Crippen molar-refractivity contribution in [3.8, 4) is 5.75 Å². The fraction of sp³-hybridized carbons (Fsp3) is 0.619. The zero-order chi connectivity index (χ0) is 18.9. The van der Waals surface area contributed by atoms with Crippen LogP contribution >= 0.6 is 11.6 Å². The maximum Gasteiger partial charge on any atom is 0.342 e. The molecule has 0 spiro atoms. The summed E-state index contributed by atoms with van der Waals surface area (Å²) in [6.45, 7) is 4.58. The Morgan fingerprint density at radius 1 is 1.22 bits per heavy atom. The zero-order valence-electron chi connectivity index (χ0n) is 15.7. The van der Waals surface area contributed by atoms with Gasteiger partial charge in [-0.25, -0.2) is 4.79 Å². The molecule has 0 N–H and O–H groups in total. The third kappa shape index (κ3) is 2.95. The SMILES string of the molecule is CC1(C)Cc2cc(Cl)cc(C(=O)OC3CC4CC5C[C@H](C3)N4CC5=O)c2O1. The first-order chi connectivity index (χ1) is 12.8. The number of nitrogens with zero attached hydrogens (tertiary/aromatic N) is 1. The third-order valence-corrected chi connectivity index (χ3v) is 6.75. The van der Waals surface area contributed by atoms with Gasteiger partial charge in [-0.15, -0.1) is 0 Å². The molecule has 0 saturated carbocycles. The Hall–Kier alpha value is -1.59. The molecule has 1 aromatic rings. The molecule has 4 bridgehead atoms. The van der Waals surface area contributed by atoms with Gasteiger partial charge in [-0.3, -0.25) is 9.69 Å². The van der Waals surface area contributed by atoms with Gasteiger partial charge in [0.15, 0.2) is 0 Å². The lowest BCUT2D eigenvalue weighted by molar-refractivity contribution is -0.145. The zero-order valence-corrected chi connectivity index (χ0v) is 16.4. The van der Waals surface area contributed by atoms with Crippen LogP contribution in [-0.2, 0) is 16.0 Å². The van der Waals surface area contributed by atoms with E-state index < -0.39 is 0 Å². The van der Waals surface area contributed by atoms with Crippen molar-refractivity contribution in [2.75, 3.05) is 6.54 Å². The molecule has 144 valence electrons. The van der Waals surface area contributed by atoms with E-state index in [4.69, 9.17) is 21.1 Å². The average Bonchev–Trinajstić information content (AvgIpc) is 2.87. The Morgan fingerprint density at radius 3 is 2.59 bits per heavy atom. The van der Waals surface area contributed by atoms with Crippen molar-refractivity contribution in [2.45, 2.75) is 69.7 Å². The fourth-order valence-electron chi connectivity index (χ4n) is 5.45. The highest BCUT2D eigenvalue weighted by Crippen LogP contribution is 2.43. The molecule has 0 radical (unpaired) electrons. The summed E-state index contributed by atoms with van der Waals surface area (Å²) in [5.74, 6) is 0.854. The molecule has 5 heterocycles. The number of carbonyl (C=O) groups is 2. The van der Waals surface area contributed by atoms with E-state index in [1.165, 1.54) is 0 Å². The number of esters is 1. The number of rotatable bonds is 2. The van der Waals surface area contributed by atoms with Gasteiger partial charge < -0.3 is 9.47 Å². The van der Waals surface area contributed by atoms with E-state index in [1.807, 2.05) is 19.9 Å². The van der Waals surface area contributed by atoms with Crippen LogP contribution in [0.2, 0.25) is 5.02 Å². The summed E-state index contributed by atoms with van der Waals surface area (Å²) < 4.78 is 11.9. The summed E-state index contributed by atoms with van der Waals surface area (Å²) >= 11 is 6.24. The van der Waals surface area contributed by atoms with Gasteiger partial charge in [0, 0.05) is 47.9 Å². The molecule has 27 heavy (non-hydrogen) atoms. The molecule has 4 saturated heterocycles. The van der Waals surface area contributed by atoms with Crippen molar-refractivity contribution in [1.82, 2.24) is 4.90 Å². The molecule has 5 aliphatic heterocycles. The van der Waals surface area contributed by atoms with E-state index in [-0.39, 0.29) is 23.6 Å². The monoisotopic (exact) mass is 389 g/mol. The topological polar surface area (TPSA) is 55.8 Å². The number of piperidine rings is 4. The number of fused-ring (bicyclic) bond motifs is 2. The standard InChI is InChI=1S/C21H24ClNO4/c1-21(2)9-12-3-13(22)6-17(19(12)27-21)20(25)26-16-7-14-4-11-5-15(8-16)23(14)10-18(11)24/h3,6,11,14-16H,4-5,7-10H2,1-2H3/t11?,14-,15?,16?/m1/s1. The second-order valence-electron chi connectivity index (χ2n) is 9.09. The second-order valence-corrected chi connectivity index (χ2v) is 9.53. The number of ether oxygens (including phenoxy) is 2. The first kappa shape index (κ1) is 17.5. The van der Waals surface area contributed by atoms with Crippen LogP contribution in [0, 0.1) is 5.92 Å². The molecule has 4 fully saturated rings. The van der Waals surface area contributed by atoms with Crippen molar-refractivity contribution >= 4 is 23.4 Å². The van der Waals surface area contributed by atoms with Crippen molar-refractivity contribution in [3.05, 3.63) is 28.3 Å². The van der Waals surface area contributed by atoms with Crippen LogP contribution in [0.5, 0.6) is 5.75 Å². The van der Waals surface area contributed by atoms with Gasteiger partial charge in [0.2, 0.25) is 0 Å². The van der Waals surface area contributed by atoms with E-state index in [0.29, 0.717) is 40.7 Å². The third-order valence-electron chi connectivity index (χ3n) is 6.53. The highest BCUT2D eigenvalue weighted by atomic mass is 35.5. The van der Waals surface area contributed by atoms with Gasteiger partial charge in [0.1, 0.15) is 28.8 Å². The summed E-state index contributed by atoms with van der Waals surface area (Å²) in [5, 5.41) is 0.532. The summed E-state index contributed by atoms with van der Waals surface area (Å²) in [6, 6.07) is 4.24. The molecule has 0 amide bonds. The van der Waals surface area contributed by atoms with Crippen LogP contribution in [0.1, 0.15) is 55.5 Å². The smallest absolute Gasteiger partial charge is 0.342 e. The second kappa shape index (κ2) is 5.95. The molecule has 5 atom stereocenters. The minimum Gasteiger partial charge on any atom is -0.486 e. The number of Topliss-reactive ketones (excluding diaryl/α,β-unsaturated/α-hetero) is 1. The molecule has 4 unspecified atom stereocenters. The van der Waals surface area contributed by atoms with Crippen LogP contribution in [-0.4, -0.2) is 47.0 Å². The highest BCUT2D eigenvalue weighted by Gasteiger charge is 2.49. The number of benzene rings is 1. The Balaban J connectivity index is 1.34. The van der Waals surface area contributed by atoms with Crippen molar-refractivity contribution in [2.24, 2.45) is 5.92 Å². The van der Waals surface area contributed by atoms with E-state index in [1.54, 1.807) is 6.07 Å². The minimum atomic E-state index is -0.354. The molecule has 0 aromatic heterocycles. The first-order valence-electron chi connectivity index (χ1n) is 9.80. The first-order valence-corrected chi connectivity index (χ1v) is 10.2. The average molecular weight is 390 g/mol. The largest absolute Gasteiger partial charge is 0.486 e. The van der Waals surface area contributed by atoms with Crippen LogP contribution < -0.4 is 4.74 Å². The van der Waals surface area contributed by atoms with Crippen molar-refractivity contribution in [1.29, 1.82) is 0 Å². The van der Waals surface area contributed by atoms with E-state index in [2.05, 4.69) is 4.90 Å². The molecular formula is C21H24ClNO4. The van der Waals surface area contributed by atoms with Crippen molar-refractivity contribution in [3.63, 3.8) is 0 Å². The molecular weight excluding hydrogens is 366 g/mol. The minimum absolute atomic E-state index is 0.109. The highest BCUT2D eigenvalue weighted by molar-refractivity contribution is 6.31. The van der Waals surface area contributed by atoms with Gasteiger partial charge in [0.25, 0.3) is 0 Å². The van der Waals surface area contributed by atoms with E-state index in [9.17, 15) is 9.59 Å². The predicted molar refractivity (Wildman–Crippen MR) is 100 cm³/mol. The van der Waals surface area contributed by atoms with Crippen LogP contribution in [0.3, 0.4) is 0 Å². The maximum atomic E-state index is 12.9. The van der Waals surface area contributed by atoms with Gasteiger partial charge in [0.05, 0.1) is 6.54 Å². The maximum absolute atomic E-state index is 12.9. The lowest BCUT2D eigenvalue weighted by atomic mass is 9.72. The summed E-state index contributed by atoms with van der Waals surface area (Å²) in [5.41, 5.74) is 1.04. The molecule has 1 aromatic carbocycles. The Bertz CT molecular complexity index is 820. The Labute approximate surface area is 163 Å². The number of halogens is 1. The Morgan fingerprint density at radius 2 is 1.93 bits per heavy atom. The predicted octanol–water partition coefficient (Wildman–Crippen LogP) is 3.40. The Kier molecular flexibility index (Phi) is 3.86. The lowest BCUT2D eigenvalue weighted by Gasteiger charge is -2.54. The molecule has 6 heteroatoms. The molecule has 5 nitrogen and oxygen atoms in total. The molecule has 0 aliphatic carbocycles. The molecule has 5 aliphatic rings. The normalized spacial score (nSPS) is 35.5. The van der Waals surface area contributed by atoms with E-state index >= 15 is 0 Å². The summed E-state index contributed by atoms with van der Waals surface area (Å²) in [7, 11) is 0. The van der Waals surface area contributed by atoms with Crippen LogP contribution in [0.25, 0.3) is 0 Å². The quantitative estimate of drug-likeness (QED) is 0.725. The number of carbonyl (C=O) groups excluding carboxylic acids is 2. The van der Waals surface area contributed by atoms with Gasteiger partial charge in [-0.05, 0) is 38.8 Å². The fourth-order valence-corrected chi connectivity index (χ4v) is 5.69. The molecule has 6 rings (SSSR count). The summed E-state index contributed by atoms with van der Waals surface area (Å²) in [4.78, 5) is 27.2. The summed E-state index contributed by atoms with van der Waals surface area (Å²) in [6.07, 6.45) is 4.05. The number of hydrogen-bond acceptors (Lipinski definition) is 5. The number of ketones is 1. The van der Waals surface area contributed by atoms with Gasteiger partial charge >= 0.3 is 5.97 Å². The van der Waals surface area contributed by atoms with Gasteiger partial charge in [-0.1, -0.05) is 11.6 Å².